The van der Waals surface area contributed by atoms with E-state index in [2.05, 4.69) is 194 Å². The van der Waals surface area contributed by atoms with Crippen molar-refractivity contribution in [1.29, 1.82) is 0 Å². The maximum atomic E-state index is 5.33. The first-order chi connectivity index (χ1) is 37.9. The van der Waals surface area contributed by atoms with E-state index in [1.165, 1.54) is 77.0 Å². The summed E-state index contributed by atoms with van der Waals surface area (Å²) in [6.07, 6.45) is 19.8. The summed E-state index contributed by atoms with van der Waals surface area (Å²) in [4.78, 5) is 0. The van der Waals surface area contributed by atoms with E-state index in [1.807, 2.05) is 6.92 Å². The Kier molecular flexibility index (Phi) is 76.6. The predicted molar refractivity (Wildman–Crippen MR) is 376 cm³/mol. The molecule has 0 amide bonds. The van der Waals surface area contributed by atoms with Crippen molar-refractivity contribution in [3.05, 3.63) is 0 Å². The normalized spacial score (nSPS) is 12.4. The summed E-state index contributed by atoms with van der Waals surface area (Å²) in [5.74, 6) is 0. The standard InChI is InChI=1S/C9H20O2.3C9H20O.3C8H18O.2C7H16O/c1-9(2,3)5-6-11-8-7-10-4;1-8(10-5)6-7-9(2,3)4;2*1-9(2,3)7-5-6-8-10-4;2*1-8(2,3)6-5-7-9-4;1-5-9-7-6-8(2,3)4;2*1-7(2,3)5-6-8-4/h5-8H2,1-4H3;8H,6-7H2,1-5H3;2*5-8H2,1-4H3;3*5-7H2,1-4H3;2*5-6H2,1-4H3. The van der Waals surface area contributed by atoms with E-state index >= 15 is 0 Å². The molecule has 1 unspecified atom stereocenters. The molecule has 0 heterocycles. The van der Waals surface area contributed by atoms with Crippen LogP contribution < -0.4 is 0 Å². The molecule has 0 radical (unpaired) electrons. The van der Waals surface area contributed by atoms with E-state index in [9.17, 15) is 0 Å². The van der Waals surface area contributed by atoms with Crippen LogP contribution in [0, 0.1) is 48.7 Å². The molecule has 0 rings (SSSR count). The number of hydrogen-bond acceptors (Lipinski definition) is 10. The molecule has 84 heavy (non-hydrogen) atoms. The van der Waals surface area contributed by atoms with E-state index in [4.69, 9.17) is 47.4 Å². The Balaban J connectivity index is -0.000000108. The molecule has 0 saturated heterocycles. The van der Waals surface area contributed by atoms with Crippen molar-refractivity contribution in [2.75, 3.05) is 130 Å². The van der Waals surface area contributed by atoms with Crippen LogP contribution >= 0.6 is 0 Å². The Morgan fingerprint density at radius 3 is 0.667 bits per heavy atom. The van der Waals surface area contributed by atoms with E-state index in [0.29, 0.717) is 68.1 Å². The average Bonchev–Trinajstić information content (AvgIpc) is 3.31. The summed E-state index contributed by atoms with van der Waals surface area (Å²) in [7, 11) is 14.0. The van der Waals surface area contributed by atoms with Gasteiger partial charge in [0.1, 0.15) is 0 Å². The fourth-order valence-electron chi connectivity index (χ4n) is 6.01. The van der Waals surface area contributed by atoms with Gasteiger partial charge in [-0.2, -0.15) is 0 Å². The molecule has 0 aliphatic heterocycles. The fourth-order valence-corrected chi connectivity index (χ4v) is 6.01. The molecule has 10 nitrogen and oxygen atoms in total. The second-order valence-electron chi connectivity index (χ2n) is 33.5. The van der Waals surface area contributed by atoms with Crippen molar-refractivity contribution in [3.63, 3.8) is 0 Å². The lowest BCUT2D eigenvalue weighted by Crippen LogP contribution is -2.11. The predicted octanol–water partition coefficient (Wildman–Crippen LogP) is 22.1. The monoisotopic (exact) mass is 1220 g/mol. The SMILES string of the molecule is CCOCCC(C)(C)C.COC(C)CCC(C)(C)C.COCCC(C)(C)C.COCCC(C)(C)C.COCCCC(C)(C)C.COCCCC(C)(C)C.COCCCCC(C)(C)C.COCCCCC(C)(C)C.COCCOCCC(C)(C)C. The Bertz CT molecular complexity index is 1100. The summed E-state index contributed by atoms with van der Waals surface area (Å²) in [5.41, 5.74) is 4.04. The second-order valence-corrected chi connectivity index (χ2v) is 33.5. The zero-order valence-electron chi connectivity index (χ0n) is 65.3. The van der Waals surface area contributed by atoms with Crippen LogP contribution in [0.15, 0.2) is 0 Å². The van der Waals surface area contributed by atoms with E-state index < -0.39 is 0 Å². The van der Waals surface area contributed by atoms with Gasteiger partial charge in [-0.15, -0.1) is 0 Å². The van der Waals surface area contributed by atoms with Crippen LogP contribution in [0.1, 0.15) is 304 Å². The van der Waals surface area contributed by atoms with Crippen molar-refractivity contribution in [1.82, 2.24) is 0 Å². The van der Waals surface area contributed by atoms with Crippen molar-refractivity contribution < 1.29 is 47.4 Å². The van der Waals surface area contributed by atoms with E-state index in [1.54, 1.807) is 56.9 Å². The third-order valence-corrected chi connectivity index (χ3v) is 12.0. The minimum absolute atomic E-state index is 0.382. The van der Waals surface area contributed by atoms with Gasteiger partial charge in [0.2, 0.25) is 0 Å². The molecule has 0 aliphatic rings. The van der Waals surface area contributed by atoms with E-state index in [0.717, 1.165) is 85.1 Å². The molecule has 0 fully saturated rings. The minimum atomic E-state index is 0.382. The number of unbranched alkanes of at least 4 members (excludes halogenated alkanes) is 2. The minimum Gasteiger partial charge on any atom is -0.385 e. The molecule has 0 bridgehead atoms. The topological polar surface area (TPSA) is 92.3 Å². The molecule has 0 spiro atoms. The molecular weight excluding hydrogens is 1050 g/mol. The molecule has 0 aromatic heterocycles. The first-order valence-corrected chi connectivity index (χ1v) is 33.1. The first-order valence-electron chi connectivity index (χ1n) is 33.1. The quantitative estimate of drug-likeness (QED) is 0.0674. The van der Waals surface area contributed by atoms with Crippen LogP contribution in [0.5, 0.6) is 0 Å². The number of methoxy groups -OCH3 is 8. The third-order valence-electron chi connectivity index (χ3n) is 12.0. The van der Waals surface area contributed by atoms with Crippen molar-refractivity contribution in [2.24, 2.45) is 48.7 Å². The Hall–Kier alpha value is -0.400. The highest BCUT2D eigenvalue weighted by atomic mass is 16.5. The van der Waals surface area contributed by atoms with Crippen LogP contribution in [0.2, 0.25) is 0 Å². The molecule has 0 aromatic carbocycles. The van der Waals surface area contributed by atoms with Crippen LogP contribution in [0.4, 0.5) is 0 Å². The summed E-state index contributed by atoms with van der Waals surface area (Å²) in [6.45, 7) is 74.1. The zero-order valence-corrected chi connectivity index (χ0v) is 65.3. The summed E-state index contributed by atoms with van der Waals surface area (Å²) in [6, 6.07) is 0. The fraction of sp³-hybridized carbons (Fsp3) is 1.00. The van der Waals surface area contributed by atoms with Crippen molar-refractivity contribution in [2.45, 2.75) is 310 Å². The lowest BCUT2D eigenvalue weighted by Gasteiger charge is -2.19. The highest BCUT2D eigenvalue weighted by Gasteiger charge is 2.14. The molecule has 0 saturated carbocycles. The van der Waals surface area contributed by atoms with Gasteiger partial charge in [-0.3, -0.25) is 0 Å². The van der Waals surface area contributed by atoms with Gasteiger partial charge in [0.15, 0.2) is 0 Å². The Labute approximate surface area is 533 Å². The van der Waals surface area contributed by atoms with Crippen LogP contribution in [0.25, 0.3) is 0 Å². The largest absolute Gasteiger partial charge is 0.385 e. The first kappa shape index (κ1) is 102. The summed E-state index contributed by atoms with van der Waals surface area (Å²) < 4.78 is 50.2. The van der Waals surface area contributed by atoms with Gasteiger partial charge >= 0.3 is 0 Å². The maximum absolute atomic E-state index is 5.33. The number of hydrogen-bond donors (Lipinski definition) is 0. The number of rotatable bonds is 29. The van der Waals surface area contributed by atoms with Gasteiger partial charge in [-0.05, 0) is 152 Å². The van der Waals surface area contributed by atoms with Crippen molar-refractivity contribution >= 4 is 0 Å². The second kappa shape index (κ2) is 62.8. The Morgan fingerprint density at radius 2 is 0.452 bits per heavy atom. The molecule has 0 aliphatic carbocycles. The lowest BCUT2D eigenvalue weighted by molar-refractivity contribution is 0.0580. The average molecular weight is 1220 g/mol. The maximum Gasteiger partial charge on any atom is 0.0700 e. The molecule has 522 valence electrons. The highest BCUT2D eigenvalue weighted by molar-refractivity contribution is 4.66. The van der Waals surface area contributed by atoms with E-state index in [-0.39, 0.29) is 0 Å². The van der Waals surface area contributed by atoms with Crippen LogP contribution in [-0.4, -0.2) is 136 Å². The lowest BCUT2D eigenvalue weighted by atomic mass is 9.89. The molecule has 0 aromatic rings. The number of ether oxygens (including phenoxy) is 10. The van der Waals surface area contributed by atoms with Gasteiger partial charge in [0, 0.05) is 116 Å². The molecule has 1 atom stereocenters. The smallest absolute Gasteiger partial charge is 0.0700 e. The molecular formula is C74H166O10. The zero-order chi connectivity index (χ0) is 68.2. The van der Waals surface area contributed by atoms with Gasteiger partial charge in [-0.1, -0.05) is 200 Å². The van der Waals surface area contributed by atoms with Gasteiger partial charge in [0.25, 0.3) is 0 Å². The summed E-state index contributed by atoms with van der Waals surface area (Å²) in [5, 5.41) is 0. The van der Waals surface area contributed by atoms with Crippen LogP contribution in [-0.2, 0) is 47.4 Å². The summed E-state index contributed by atoms with van der Waals surface area (Å²) >= 11 is 0. The molecule has 10 heteroatoms. The third kappa shape index (κ3) is 160. The van der Waals surface area contributed by atoms with Crippen LogP contribution in [0.3, 0.4) is 0 Å². The highest BCUT2D eigenvalue weighted by Crippen LogP contribution is 2.25. The van der Waals surface area contributed by atoms with Gasteiger partial charge in [-0.25, -0.2) is 0 Å². The molecule has 0 N–H and O–H groups in total. The Morgan fingerprint density at radius 1 is 0.226 bits per heavy atom. The van der Waals surface area contributed by atoms with Gasteiger partial charge < -0.3 is 47.4 Å². The van der Waals surface area contributed by atoms with Gasteiger partial charge in [0.05, 0.1) is 19.3 Å². The van der Waals surface area contributed by atoms with Crippen molar-refractivity contribution in [3.8, 4) is 0 Å².